The van der Waals surface area contributed by atoms with E-state index in [0.717, 1.165) is 0 Å². The molecule has 0 amide bonds. The lowest BCUT2D eigenvalue weighted by Crippen LogP contribution is -2.17. The van der Waals surface area contributed by atoms with Crippen molar-refractivity contribution in [1.29, 1.82) is 0 Å². The Kier molecular flexibility index (Phi) is 11.0. The molecule has 2 nitrogen and oxygen atoms in total. The summed E-state index contributed by atoms with van der Waals surface area (Å²) in [4.78, 5) is 5.24. The fraction of sp³-hybridized carbons (Fsp3) is 0.188. The third-order valence-corrected chi connectivity index (χ3v) is 14.1. The van der Waals surface area contributed by atoms with Crippen LogP contribution in [0.5, 0.6) is 0 Å². The standard InChI is InChI=1S/C64H60N2/c1-39(2)55-37-57(65(61-41(5)21-17-22-42(61)6)63-45(9)25-19-31-49(63)47-27-13-11-14-28-47)53-36-34-52-56(40(3)4)38-58(54-35-33-51(55)59(53)60(52)54)66(62-43(7)23-18-24-44(62)8)64-46(10)26-20-32-50(64)48-29-15-12-16-30-48/h11-40H,1-10H3. The molecule has 0 saturated carbocycles. The number of nitrogens with zero attached hydrogens (tertiary/aromatic N) is 2. The third-order valence-electron chi connectivity index (χ3n) is 14.1. The van der Waals surface area contributed by atoms with Gasteiger partial charge in [-0.1, -0.05) is 185 Å². The molecule has 0 heterocycles. The van der Waals surface area contributed by atoms with Crippen LogP contribution in [0.4, 0.5) is 34.1 Å². The molecule has 0 spiro atoms. The van der Waals surface area contributed by atoms with Gasteiger partial charge < -0.3 is 9.80 Å². The zero-order valence-corrected chi connectivity index (χ0v) is 40.2. The fourth-order valence-electron chi connectivity index (χ4n) is 11.0. The van der Waals surface area contributed by atoms with Crippen LogP contribution in [0.3, 0.4) is 0 Å². The van der Waals surface area contributed by atoms with E-state index in [4.69, 9.17) is 0 Å². The Morgan fingerprint density at radius 3 is 0.939 bits per heavy atom. The van der Waals surface area contributed by atoms with E-state index in [1.165, 1.54) is 133 Å². The second-order valence-corrected chi connectivity index (χ2v) is 19.2. The number of para-hydroxylation sites is 4. The van der Waals surface area contributed by atoms with E-state index < -0.39 is 0 Å². The average Bonchev–Trinajstić information content (AvgIpc) is 3.31. The van der Waals surface area contributed by atoms with Crippen LogP contribution in [0.15, 0.2) is 170 Å². The zero-order chi connectivity index (χ0) is 46.0. The topological polar surface area (TPSA) is 6.48 Å². The van der Waals surface area contributed by atoms with Crippen molar-refractivity contribution in [2.24, 2.45) is 0 Å². The maximum absolute atomic E-state index is 2.62. The highest BCUT2D eigenvalue weighted by Crippen LogP contribution is 2.54. The quantitative estimate of drug-likeness (QED) is 0.126. The summed E-state index contributed by atoms with van der Waals surface area (Å²) in [6, 6.07) is 63.7. The molecule has 66 heavy (non-hydrogen) atoms. The number of benzene rings is 10. The van der Waals surface area contributed by atoms with Crippen molar-refractivity contribution in [3.8, 4) is 22.3 Å². The minimum absolute atomic E-state index is 0.272. The van der Waals surface area contributed by atoms with Crippen LogP contribution in [0, 0.1) is 41.5 Å². The van der Waals surface area contributed by atoms with Crippen molar-refractivity contribution < 1.29 is 0 Å². The molecular weight excluding hydrogens is 797 g/mol. The fourth-order valence-corrected chi connectivity index (χ4v) is 11.0. The Morgan fingerprint density at radius 1 is 0.303 bits per heavy atom. The predicted molar refractivity (Wildman–Crippen MR) is 287 cm³/mol. The van der Waals surface area contributed by atoms with E-state index in [9.17, 15) is 0 Å². The maximum atomic E-state index is 2.62. The Morgan fingerprint density at radius 2 is 0.606 bits per heavy atom. The van der Waals surface area contributed by atoms with Gasteiger partial charge in [0.2, 0.25) is 0 Å². The third kappa shape index (κ3) is 7.02. The number of anilines is 6. The second-order valence-electron chi connectivity index (χ2n) is 19.2. The highest BCUT2D eigenvalue weighted by atomic mass is 15.2. The van der Waals surface area contributed by atoms with Crippen molar-refractivity contribution in [1.82, 2.24) is 0 Å². The van der Waals surface area contributed by atoms with E-state index in [1.54, 1.807) is 0 Å². The summed E-state index contributed by atoms with van der Waals surface area (Å²) in [5.74, 6) is 0.545. The molecule has 0 fully saturated rings. The molecule has 0 saturated heterocycles. The van der Waals surface area contributed by atoms with Gasteiger partial charge in [0.05, 0.1) is 34.1 Å². The SMILES string of the molecule is Cc1cccc(C)c1N(c1c(C)cccc1-c1ccccc1)c1cc(C(C)C)c2ccc3c(N(c4c(C)cccc4C)c4c(C)cccc4-c4ccccc4)cc(C(C)C)c4ccc1c2c43. The molecule has 10 aromatic rings. The summed E-state index contributed by atoms with van der Waals surface area (Å²) in [6.07, 6.45) is 0. The van der Waals surface area contributed by atoms with Gasteiger partial charge in [0, 0.05) is 21.9 Å². The summed E-state index contributed by atoms with van der Waals surface area (Å²) in [5, 5.41) is 7.81. The van der Waals surface area contributed by atoms with Crippen LogP contribution in [0.25, 0.3) is 54.6 Å². The van der Waals surface area contributed by atoms with Crippen LogP contribution in [0.1, 0.15) is 84.0 Å². The van der Waals surface area contributed by atoms with Gasteiger partial charge in [-0.3, -0.25) is 0 Å². The molecule has 0 aliphatic heterocycles. The van der Waals surface area contributed by atoms with Crippen molar-refractivity contribution in [2.75, 3.05) is 9.80 Å². The molecule has 326 valence electrons. The minimum Gasteiger partial charge on any atom is -0.308 e. The molecule has 2 heteroatoms. The van der Waals surface area contributed by atoms with Crippen LogP contribution < -0.4 is 9.80 Å². The van der Waals surface area contributed by atoms with Gasteiger partial charge in [-0.15, -0.1) is 0 Å². The smallest absolute Gasteiger partial charge is 0.0569 e. The maximum Gasteiger partial charge on any atom is 0.0569 e. The molecule has 10 aromatic carbocycles. The van der Waals surface area contributed by atoms with Crippen molar-refractivity contribution >= 4 is 66.4 Å². The number of rotatable bonds is 10. The van der Waals surface area contributed by atoms with E-state index in [2.05, 4.69) is 249 Å². The van der Waals surface area contributed by atoms with Crippen LogP contribution in [-0.4, -0.2) is 0 Å². The summed E-state index contributed by atoms with van der Waals surface area (Å²) in [5.41, 5.74) is 22.3. The lowest BCUT2D eigenvalue weighted by molar-refractivity contribution is 0.875. The average molecular weight is 857 g/mol. The first-order chi connectivity index (χ1) is 31.9. The molecule has 0 unspecified atom stereocenters. The van der Waals surface area contributed by atoms with Gasteiger partial charge in [0.1, 0.15) is 0 Å². The molecule has 10 rings (SSSR count). The van der Waals surface area contributed by atoms with Gasteiger partial charge >= 0.3 is 0 Å². The molecule has 0 aromatic heterocycles. The van der Waals surface area contributed by atoms with Crippen molar-refractivity contribution in [3.05, 3.63) is 214 Å². The van der Waals surface area contributed by atoms with E-state index in [1.807, 2.05) is 0 Å². The van der Waals surface area contributed by atoms with E-state index in [-0.39, 0.29) is 11.8 Å². The first kappa shape index (κ1) is 42.8. The Bertz CT molecular complexity index is 3160. The van der Waals surface area contributed by atoms with Gasteiger partial charge in [0.25, 0.3) is 0 Å². The van der Waals surface area contributed by atoms with Crippen molar-refractivity contribution in [2.45, 2.75) is 81.1 Å². The predicted octanol–water partition coefficient (Wildman–Crippen LogP) is 19.0. The van der Waals surface area contributed by atoms with Gasteiger partial charge in [0.15, 0.2) is 0 Å². The zero-order valence-electron chi connectivity index (χ0n) is 40.2. The summed E-state index contributed by atoms with van der Waals surface area (Å²) in [7, 11) is 0. The highest BCUT2D eigenvalue weighted by Gasteiger charge is 2.30. The van der Waals surface area contributed by atoms with E-state index >= 15 is 0 Å². The van der Waals surface area contributed by atoms with Crippen LogP contribution in [0.2, 0.25) is 0 Å². The number of aryl methyl sites for hydroxylation is 6. The normalized spacial score (nSPS) is 11.8. The lowest BCUT2D eigenvalue weighted by atomic mass is 9.83. The highest BCUT2D eigenvalue weighted by molar-refractivity contribution is 6.30. The molecule has 0 aliphatic rings. The Hall–Kier alpha value is -7.16. The monoisotopic (exact) mass is 856 g/mol. The summed E-state index contributed by atoms with van der Waals surface area (Å²) in [6.45, 7) is 23.1. The number of hydrogen-bond donors (Lipinski definition) is 0. The number of hydrogen-bond acceptors (Lipinski definition) is 2. The van der Waals surface area contributed by atoms with Gasteiger partial charge in [-0.05, 0) is 143 Å². The molecule has 0 aliphatic carbocycles. The first-order valence-corrected chi connectivity index (χ1v) is 23.8. The van der Waals surface area contributed by atoms with Crippen LogP contribution in [-0.2, 0) is 0 Å². The first-order valence-electron chi connectivity index (χ1n) is 23.8. The summed E-state index contributed by atoms with van der Waals surface area (Å²) < 4.78 is 0. The minimum atomic E-state index is 0.272. The van der Waals surface area contributed by atoms with Crippen molar-refractivity contribution in [3.63, 3.8) is 0 Å². The lowest BCUT2D eigenvalue weighted by Gasteiger charge is -2.35. The Balaban J connectivity index is 1.38. The largest absolute Gasteiger partial charge is 0.308 e. The molecule has 0 radical (unpaired) electrons. The molecule has 0 atom stereocenters. The molecule has 0 N–H and O–H groups in total. The molecule has 0 bridgehead atoms. The van der Waals surface area contributed by atoms with Gasteiger partial charge in [-0.25, -0.2) is 0 Å². The second kappa shape index (κ2) is 17.0. The van der Waals surface area contributed by atoms with Gasteiger partial charge in [-0.2, -0.15) is 0 Å². The Labute approximate surface area is 392 Å². The summed E-state index contributed by atoms with van der Waals surface area (Å²) >= 11 is 0. The van der Waals surface area contributed by atoms with Crippen LogP contribution >= 0.6 is 0 Å². The van der Waals surface area contributed by atoms with E-state index in [0.29, 0.717) is 0 Å². The molecular formula is C64H60N2.